The summed E-state index contributed by atoms with van der Waals surface area (Å²) in [5, 5.41) is 17.1. The topological polar surface area (TPSA) is 97.1 Å². The summed E-state index contributed by atoms with van der Waals surface area (Å²) in [5.41, 5.74) is 2.34. The molecule has 1 amide bonds. The molecular weight excluding hydrogens is 332 g/mol. The lowest BCUT2D eigenvalue weighted by Crippen LogP contribution is -2.44. The number of fused-ring (bicyclic) bond motifs is 1. The number of carboxylic acids is 1. The summed E-state index contributed by atoms with van der Waals surface area (Å²) in [6, 6.07) is 11.9. The average molecular weight is 352 g/mol. The molecule has 134 valence electrons. The van der Waals surface area contributed by atoms with Crippen LogP contribution in [0.15, 0.2) is 42.5 Å². The number of aryl methyl sites for hydroxylation is 1. The number of aliphatic carboxylic acids is 1. The van der Waals surface area contributed by atoms with Gasteiger partial charge in [-0.3, -0.25) is 4.79 Å². The SMILES string of the molecule is Cc1nn(-c2ccccc2)c2nc(C(=O)N[C@@H](C(=O)O)C(C)C)ccc12. The first-order valence-corrected chi connectivity index (χ1v) is 8.34. The van der Waals surface area contributed by atoms with Crippen LogP contribution in [0.1, 0.15) is 30.0 Å². The third kappa shape index (κ3) is 3.28. The van der Waals surface area contributed by atoms with Gasteiger partial charge in [-0.25, -0.2) is 14.5 Å². The second kappa shape index (κ2) is 6.95. The number of carbonyl (C=O) groups is 2. The molecule has 0 unspecified atom stereocenters. The van der Waals surface area contributed by atoms with Crippen molar-refractivity contribution >= 4 is 22.9 Å². The average Bonchev–Trinajstić information content (AvgIpc) is 2.96. The van der Waals surface area contributed by atoms with Crippen molar-refractivity contribution in [1.29, 1.82) is 0 Å². The van der Waals surface area contributed by atoms with Crippen LogP contribution in [0, 0.1) is 12.8 Å². The highest BCUT2D eigenvalue weighted by Crippen LogP contribution is 2.20. The second-order valence-electron chi connectivity index (χ2n) is 6.43. The van der Waals surface area contributed by atoms with Crippen LogP contribution in [0.25, 0.3) is 16.7 Å². The Morgan fingerprint density at radius 3 is 2.42 bits per heavy atom. The number of hydrogen-bond acceptors (Lipinski definition) is 4. The molecule has 7 heteroatoms. The summed E-state index contributed by atoms with van der Waals surface area (Å²) in [7, 11) is 0. The van der Waals surface area contributed by atoms with Gasteiger partial charge in [-0.05, 0) is 37.1 Å². The van der Waals surface area contributed by atoms with Crippen molar-refractivity contribution in [3.63, 3.8) is 0 Å². The molecule has 1 atom stereocenters. The van der Waals surface area contributed by atoms with Crippen molar-refractivity contribution in [3.05, 3.63) is 53.9 Å². The van der Waals surface area contributed by atoms with Crippen molar-refractivity contribution in [3.8, 4) is 5.69 Å². The molecule has 0 spiro atoms. The highest BCUT2D eigenvalue weighted by atomic mass is 16.4. The fourth-order valence-electron chi connectivity index (χ4n) is 2.75. The molecule has 7 nitrogen and oxygen atoms in total. The van der Waals surface area contributed by atoms with E-state index >= 15 is 0 Å². The predicted octanol–water partition coefficient (Wildman–Crippen LogP) is 2.57. The molecule has 0 aliphatic rings. The number of para-hydroxylation sites is 1. The van der Waals surface area contributed by atoms with E-state index in [-0.39, 0.29) is 11.6 Å². The Balaban J connectivity index is 2.01. The molecule has 0 bridgehead atoms. The van der Waals surface area contributed by atoms with Crippen LogP contribution in [-0.4, -0.2) is 37.8 Å². The Hall–Kier alpha value is -3.22. The summed E-state index contributed by atoms with van der Waals surface area (Å²) in [5.74, 6) is -1.83. The summed E-state index contributed by atoms with van der Waals surface area (Å²) in [6.07, 6.45) is 0. The van der Waals surface area contributed by atoms with Crippen LogP contribution >= 0.6 is 0 Å². The van der Waals surface area contributed by atoms with Crippen LogP contribution in [0.3, 0.4) is 0 Å². The van der Waals surface area contributed by atoms with E-state index in [2.05, 4.69) is 15.4 Å². The standard InChI is InChI=1S/C19H20N4O3/c1-11(2)16(19(25)26)21-18(24)15-10-9-14-12(3)22-23(17(14)20-15)13-7-5-4-6-8-13/h4-11,16H,1-3H3,(H,21,24)(H,25,26)/t16-/m1/s1. The number of aromatic nitrogens is 3. The quantitative estimate of drug-likeness (QED) is 0.735. The van der Waals surface area contributed by atoms with Gasteiger partial charge in [0.15, 0.2) is 5.65 Å². The summed E-state index contributed by atoms with van der Waals surface area (Å²) in [4.78, 5) is 28.2. The summed E-state index contributed by atoms with van der Waals surface area (Å²) in [6.45, 7) is 5.36. The van der Waals surface area contributed by atoms with Crippen molar-refractivity contribution in [2.24, 2.45) is 5.92 Å². The molecule has 3 aromatic rings. The maximum atomic E-state index is 12.5. The minimum absolute atomic E-state index is 0.154. The summed E-state index contributed by atoms with van der Waals surface area (Å²) < 4.78 is 1.68. The Morgan fingerprint density at radius 2 is 1.81 bits per heavy atom. The van der Waals surface area contributed by atoms with Gasteiger partial charge in [0, 0.05) is 5.39 Å². The van der Waals surface area contributed by atoms with E-state index in [1.54, 1.807) is 30.7 Å². The van der Waals surface area contributed by atoms with E-state index < -0.39 is 17.9 Å². The number of hydrogen-bond donors (Lipinski definition) is 2. The van der Waals surface area contributed by atoms with Crippen molar-refractivity contribution in [2.75, 3.05) is 0 Å². The van der Waals surface area contributed by atoms with Gasteiger partial charge in [-0.1, -0.05) is 32.0 Å². The maximum Gasteiger partial charge on any atom is 0.326 e. The smallest absolute Gasteiger partial charge is 0.326 e. The first-order valence-electron chi connectivity index (χ1n) is 8.34. The van der Waals surface area contributed by atoms with Gasteiger partial charge in [0.2, 0.25) is 0 Å². The number of amides is 1. The van der Waals surface area contributed by atoms with E-state index in [1.807, 2.05) is 37.3 Å². The zero-order valence-electron chi connectivity index (χ0n) is 14.8. The van der Waals surface area contributed by atoms with E-state index in [9.17, 15) is 14.7 Å². The molecule has 0 saturated heterocycles. The van der Waals surface area contributed by atoms with Crippen molar-refractivity contribution < 1.29 is 14.7 Å². The van der Waals surface area contributed by atoms with Gasteiger partial charge in [0.05, 0.1) is 11.4 Å². The van der Waals surface area contributed by atoms with Gasteiger partial charge in [0.1, 0.15) is 11.7 Å². The van der Waals surface area contributed by atoms with Gasteiger partial charge in [-0.15, -0.1) is 0 Å². The second-order valence-corrected chi connectivity index (χ2v) is 6.43. The first kappa shape index (κ1) is 17.6. The Morgan fingerprint density at radius 1 is 1.12 bits per heavy atom. The molecule has 0 saturated carbocycles. The molecule has 0 aliphatic carbocycles. The highest BCUT2D eigenvalue weighted by Gasteiger charge is 2.25. The number of pyridine rings is 1. The highest BCUT2D eigenvalue weighted by molar-refractivity contribution is 5.97. The van der Waals surface area contributed by atoms with Crippen LogP contribution in [0.2, 0.25) is 0 Å². The Kier molecular flexibility index (Phi) is 4.71. The molecule has 2 N–H and O–H groups in total. The number of benzene rings is 1. The molecule has 0 radical (unpaired) electrons. The minimum Gasteiger partial charge on any atom is -0.480 e. The third-order valence-corrected chi connectivity index (χ3v) is 4.17. The van der Waals surface area contributed by atoms with Crippen LogP contribution in [0.5, 0.6) is 0 Å². The number of carbonyl (C=O) groups excluding carboxylic acids is 1. The molecule has 0 aliphatic heterocycles. The van der Waals surface area contributed by atoms with E-state index in [0.717, 1.165) is 16.8 Å². The molecule has 1 aromatic carbocycles. The van der Waals surface area contributed by atoms with Gasteiger partial charge in [0.25, 0.3) is 5.91 Å². The van der Waals surface area contributed by atoms with Crippen molar-refractivity contribution in [2.45, 2.75) is 26.8 Å². The number of nitrogens with one attached hydrogen (secondary N) is 1. The van der Waals surface area contributed by atoms with Crippen LogP contribution in [0.4, 0.5) is 0 Å². The number of carboxylic acid groups (broad SMARTS) is 1. The van der Waals surface area contributed by atoms with Gasteiger partial charge < -0.3 is 10.4 Å². The third-order valence-electron chi connectivity index (χ3n) is 4.17. The molecule has 3 rings (SSSR count). The largest absolute Gasteiger partial charge is 0.480 e. The number of nitrogens with zero attached hydrogens (tertiary/aromatic N) is 3. The van der Waals surface area contributed by atoms with Crippen LogP contribution in [-0.2, 0) is 4.79 Å². The van der Waals surface area contributed by atoms with Crippen LogP contribution < -0.4 is 5.32 Å². The van der Waals surface area contributed by atoms with Gasteiger partial charge in [-0.2, -0.15) is 5.10 Å². The lowest BCUT2D eigenvalue weighted by molar-refractivity contribution is -0.140. The molecule has 2 aromatic heterocycles. The lowest BCUT2D eigenvalue weighted by atomic mass is 10.0. The predicted molar refractivity (Wildman–Crippen MR) is 97.3 cm³/mol. The van der Waals surface area contributed by atoms with Crippen molar-refractivity contribution in [1.82, 2.24) is 20.1 Å². The molecule has 26 heavy (non-hydrogen) atoms. The zero-order chi connectivity index (χ0) is 18.8. The first-order chi connectivity index (χ1) is 12.4. The lowest BCUT2D eigenvalue weighted by Gasteiger charge is -2.17. The fraction of sp³-hybridized carbons (Fsp3) is 0.263. The van der Waals surface area contributed by atoms with E-state index in [1.165, 1.54) is 0 Å². The van der Waals surface area contributed by atoms with E-state index in [0.29, 0.717) is 5.65 Å². The maximum absolute atomic E-state index is 12.5. The minimum atomic E-state index is -1.07. The Labute approximate surface area is 150 Å². The monoisotopic (exact) mass is 352 g/mol. The fourth-order valence-corrected chi connectivity index (χ4v) is 2.75. The molecular formula is C19H20N4O3. The van der Waals surface area contributed by atoms with E-state index in [4.69, 9.17) is 0 Å². The summed E-state index contributed by atoms with van der Waals surface area (Å²) >= 11 is 0. The normalized spacial score (nSPS) is 12.3. The number of rotatable bonds is 5. The van der Waals surface area contributed by atoms with Gasteiger partial charge >= 0.3 is 5.97 Å². The molecule has 0 fully saturated rings. The Bertz CT molecular complexity index is 964. The zero-order valence-corrected chi connectivity index (χ0v) is 14.8. The molecule has 2 heterocycles.